The van der Waals surface area contributed by atoms with Gasteiger partial charge < -0.3 is 9.88 Å². The summed E-state index contributed by atoms with van der Waals surface area (Å²) in [7, 11) is 0. The van der Waals surface area contributed by atoms with Crippen molar-refractivity contribution in [3.05, 3.63) is 18.2 Å². The molecule has 1 aromatic rings. The molecule has 0 bridgehead atoms. The van der Waals surface area contributed by atoms with Crippen LogP contribution in [0.1, 0.15) is 39.4 Å². The summed E-state index contributed by atoms with van der Waals surface area (Å²) in [6.07, 6.45) is 7.39. The number of nitrogens with one attached hydrogen (secondary N) is 1. The van der Waals surface area contributed by atoms with E-state index in [-0.39, 0.29) is 0 Å². The number of rotatable bonds is 7. The van der Waals surface area contributed by atoms with Gasteiger partial charge in [0.05, 0.1) is 0 Å². The molecule has 0 saturated carbocycles. The first-order valence-corrected chi connectivity index (χ1v) is 6.01. The Labute approximate surface area is 92.9 Å². The van der Waals surface area contributed by atoms with Crippen molar-refractivity contribution in [3.8, 4) is 0 Å². The highest BCUT2D eigenvalue weighted by molar-refractivity contribution is 4.93. The molecular weight excluding hydrogens is 186 g/mol. The average Bonchev–Trinajstić information content (AvgIpc) is 2.64. The van der Waals surface area contributed by atoms with Crippen LogP contribution in [0.4, 0.5) is 0 Å². The van der Waals surface area contributed by atoms with Crippen molar-refractivity contribution in [2.75, 3.05) is 6.54 Å². The fourth-order valence-corrected chi connectivity index (χ4v) is 1.81. The molecule has 1 heterocycles. The SMILES string of the molecule is CCCn1ccnc1CCC(C)NCC. The van der Waals surface area contributed by atoms with Crippen molar-refractivity contribution in [3.63, 3.8) is 0 Å². The van der Waals surface area contributed by atoms with Gasteiger partial charge in [0.2, 0.25) is 0 Å². The van der Waals surface area contributed by atoms with Crippen LogP contribution in [0.5, 0.6) is 0 Å². The number of imidazole rings is 1. The lowest BCUT2D eigenvalue weighted by molar-refractivity contribution is 0.513. The molecule has 1 rings (SSSR count). The smallest absolute Gasteiger partial charge is 0.108 e. The van der Waals surface area contributed by atoms with Gasteiger partial charge in [0, 0.05) is 31.4 Å². The van der Waals surface area contributed by atoms with Crippen LogP contribution in [-0.2, 0) is 13.0 Å². The number of aryl methyl sites for hydroxylation is 2. The highest BCUT2D eigenvalue weighted by Crippen LogP contribution is 2.04. The Kier molecular flexibility index (Phi) is 5.40. The van der Waals surface area contributed by atoms with E-state index in [9.17, 15) is 0 Å². The monoisotopic (exact) mass is 209 g/mol. The first-order valence-electron chi connectivity index (χ1n) is 6.01. The second kappa shape index (κ2) is 6.62. The summed E-state index contributed by atoms with van der Waals surface area (Å²) in [4.78, 5) is 4.40. The van der Waals surface area contributed by atoms with Crippen LogP contribution in [0.2, 0.25) is 0 Å². The second-order valence-electron chi connectivity index (χ2n) is 4.03. The molecule has 0 amide bonds. The maximum Gasteiger partial charge on any atom is 0.108 e. The molecule has 86 valence electrons. The van der Waals surface area contributed by atoms with Gasteiger partial charge in [-0.15, -0.1) is 0 Å². The van der Waals surface area contributed by atoms with Crippen molar-refractivity contribution in [1.29, 1.82) is 0 Å². The Balaban J connectivity index is 2.39. The van der Waals surface area contributed by atoms with Gasteiger partial charge in [0.25, 0.3) is 0 Å². The van der Waals surface area contributed by atoms with Crippen molar-refractivity contribution < 1.29 is 0 Å². The molecule has 3 heteroatoms. The minimum absolute atomic E-state index is 0.585. The zero-order valence-electron chi connectivity index (χ0n) is 10.2. The van der Waals surface area contributed by atoms with E-state index in [1.165, 1.54) is 12.2 Å². The highest BCUT2D eigenvalue weighted by atomic mass is 15.1. The standard InChI is InChI=1S/C12H23N3/c1-4-9-15-10-8-14-12(15)7-6-11(3)13-5-2/h8,10-11,13H,4-7,9H2,1-3H3. The highest BCUT2D eigenvalue weighted by Gasteiger charge is 2.05. The number of aromatic nitrogens is 2. The Morgan fingerprint density at radius 1 is 1.47 bits per heavy atom. The van der Waals surface area contributed by atoms with Gasteiger partial charge in [-0.25, -0.2) is 4.98 Å². The lowest BCUT2D eigenvalue weighted by Gasteiger charge is -2.12. The summed E-state index contributed by atoms with van der Waals surface area (Å²) in [6, 6.07) is 0.585. The van der Waals surface area contributed by atoms with Crippen LogP contribution in [0, 0.1) is 0 Å². The number of hydrogen-bond acceptors (Lipinski definition) is 2. The Hall–Kier alpha value is -0.830. The summed E-state index contributed by atoms with van der Waals surface area (Å²) >= 11 is 0. The Bertz CT molecular complexity index is 268. The molecule has 0 aliphatic rings. The van der Waals surface area contributed by atoms with Gasteiger partial charge in [-0.2, -0.15) is 0 Å². The van der Waals surface area contributed by atoms with E-state index >= 15 is 0 Å². The maximum atomic E-state index is 4.40. The molecular formula is C12H23N3. The minimum Gasteiger partial charge on any atom is -0.335 e. The van der Waals surface area contributed by atoms with Gasteiger partial charge in [-0.1, -0.05) is 13.8 Å². The van der Waals surface area contributed by atoms with E-state index in [4.69, 9.17) is 0 Å². The molecule has 0 aromatic carbocycles. The van der Waals surface area contributed by atoms with E-state index in [2.05, 4.69) is 41.8 Å². The molecule has 0 radical (unpaired) electrons. The van der Waals surface area contributed by atoms with Gasteiger partial charge in [-0.05, 0) is 26.3 Å². The third-order valence-corrected chi connectivity index (χ3v) is 2.62. The first kappa shape index (κ1) is 12.2. The molecule has 1 unspecified atom stereocenters. The van der Waals surface area contributed by atoms with Gasteiger partial charge >= 0.3 is 0 Å². The van der Waals surface area contributed by atoms with E-state index in [1.54, 1.807) is 0 Å². The minimum atomic E-state index is 0.585. The number of hydrogen-bond donors (Lipinski definition) is 1. The molecule has 0 aliphatic heterocycles. The number of nitrogens with zero attached hydrogens (tertiary/aromatic N) is 2. The van der Waals surface area contributed by atoms with E-state index in [0.717, 1.165) is 25.9 Å². The molecule has 0 fully saturated rings. The molecule has 0 saturated heterocycles. The van der Waals surface area contributed by atoms with Gasteiger partial charge in [0.15, 0.2) is 0 Å². The van der Waals surface area contributed by atoms with E-state index < -0.39 is 0 Å². The lowest BCUT2D eigenvalue weighted by atomic mass is 10.2. The van der Waals surface area contributed by atoms with Crippen molar-refractivity contribution in [2.24, 2.45) is 0 Å². The maximum absolute atomic E-state index is 4.40. The summed E-state index contributed by atoms with van der Waals surface area (Å²) < 4.78 is 2.26. The fourth-order valence-electron chi connectivity index (χ4n) is 1.81. The van der Waals surface area contributed by atoms with Crippen LogP contribution >= 0.6 is 0 Å². The summed E-state index contributed by atoms with van der Waals surface area (Å²) in [5.74, 6) is 1.22. The zero-order chi connectivity index (χ0) is 11.1. The quantitative estimate of drug-likeness (QED) is 0.746. The summed E-state index contributed by atoms with van der Waals surface area (Å²) in [5.41, 5.74) is 0. The van der Waals surface area contributed by atoms with Gasteiger partial charge in [0.1, 0.15) is 5.82 Å². The van der Waals surface area contributed by atoms with E-state index in [0.29, 0.717) is 6.04 Å². The fraction of sp³-hybridized carbons (Fsp3) is 0.750. The lowest BCUT2D eigenvalue weighted by Crippen LogP contribution is -2.26. The predicted octanol–water partition coefficient (Wildman–Crippen LogP) is 2.22. The Morgan fingerprint density at radius 3 is 2.93 bits per heavy atom. The molecule has 0 aliphatic carbocycles. The molecule has 1 aromatic heterocycles. The van der Waals surface area contributed by atoms with Crippen molar-refractivity contribution in [2.45, 2.75) is 52.6 Å². The average molecular weight is 209 g/mol. The summed E-state index contributed by atoms with van der Waals surface area (Å²) in [6.45, 7) is 8.71. The predicted molar refractivity (Wildman–Crippen MR) is 64.0 cm³/mol. The van der Waals surface area contributed by atoms with E-state index in [1.807, 2.05) is 6.20 Å². The molecule has 15 heavy (non-hydrogen) atoms. The zero-order valence-corrected chi connectivity index (χ0v) is 10.2. The summed E-state index contributed by atoms with van der Waals surface area (Å²) in [5, 5.41) is 3.42. The van der Waals surface area contributed by atoms with Crippen molar-refractivity contribution in [1.82, 2.24) is 14.9 Å². The second-order valence-corrected chi connectivity index (χ2v) is 4.03. The molecule has 0 spiro atoms. The molecule has 1 atom stereocenters. The van der Waals surface area contributed by atoms with Crippen LogP contribution in [-0.4, -0.2) is 22.1 Å². The third-order valence-electron chi connectivity index (χ3n) is 2.62. The topological polar surface area (TPSA) is 29.9 Å². The van der Waals surface area contributed by atoms with Crippen LogP contribution in [0.3, 0.4) is 0 Å². The Morgan fingerprint density at radius 2 is 2.27 bits per heavy atom. The molecule has 3 nitrogen and oxygen atoms in total. The molecule has 1 N–H and O–H groups in total. The van der Waals surface area contributed by atoms with Crippen LogP contribution in [0.25, 0.3) is 0 Å². The first-order chi connectivity index (χ1) is 7.27. The normalized spacial score (nSPS) is 13.0. The third kappa shape index (κ3) is 4.04. The van der Waals surface area contributed by atoms with Crippen LogP contribution in [0.15, 0.2) is 12.4 Å². The van der Waals surface area contributed by atoms with Gasteiger partial charge in [-0.3, -0.25) is 0 Å². The largest absolute Gasteiger partial charge is 0.335 e. The van der Waals surface area contributed by atoms with Crippen LogP contribution < -0.4 is 5.32 Å². The van der Waals surface area contributed by atoms with Crippen molar-refractivity contribution >= 4 is 0 Å².